The molecule has 0 N–H and O–H groups in total. The van der Waals surface area contributed by atoms with Crippen LogP contribution in [-0.4, -0.2) is 47.5 Å². The lowest BCUT2D eigenvalue weighted by atomic mass is 10.0. The fourth-order valence-corrected chi connectivity index (χ4v) is 1.50. The van der Waals surface area contributed by atoms with Gasteiger partial charge in [0, 0.05) is 40.5 Å². The summed E-state index contributed by atoms with van der Waals surface area (Å²) in [6.45, 7) is 11.5. The fraction of sp³-hybridized carbons (Fsp3) is 1.00. The van der Waals surface area contributed by atoms with E-state index in [1.165, 1.54) is 0 Å². The summed E-state index contributed by atoms with van der Waals surface area (Å²) in [7, 11) is 0. The van der Waals surface area contributed by atoms with Crippen LogP contribution in [0.25, 0.3) is 0 Å². The van der Waals surface area contributed by atoms with Crippen molar-refractivity contribution in [1.29, 1.82) is 0 Å². The molecule has 13 heavy (non-hydrogen) atoms. The summed E-state index contributed by atoms with van der Waals surface area (Å²) in [5.41, 5.74) is -0.00517. The summed E-state index contributed by atoms with van der Waals surface area (Å²) in [4.78, 5) is 4.21. The van der Waals surface area contributed by atoms with Gasteiger partial charge in [0.25, 0.3) is 0 Å². The van der Waals surface area contributed by atoms with E-state index in [9.17, 15) is 0 Å². The molecule has 2 atom stereocenters. The van der Waals surface area contributed by atoms with Crippen LogP contribution in [0.2, 0.25) is 0 Å². The number of rotatable bonds is 1. The quantitative estimate of drug-likeness (QED) is 0.616. The minimum absolute atomic E-state index is 0.00517. The SMILES string of the molecule is [2H]C1CN(C(C)(C)C)C([2H])CN1C(C)C. The van der Waals surface area contributed by atoms with Crippen molar-refractivity contribution in [3.05, 3.63) is 0 Å². The van der Waals surface area contributed by atoms with Crippen LogP contribution in [0.4, 0.5) is 0 Å². The third-order valence-corrected chi connectivity index (χ3v) is 2.55. The smallest absolute Gasteiger partial charge is 0.0444 e. The maximum Gasteiger partial charge on any atom is 0.0444 e. The molecule has 2 nitrogen and oxygen atoms in total. The first-order valence-corrected chi connectivity index (χ1v) is 5.10. The highest BCUT2D eigenvalue weighted by Gasteiger charge is 2.26. The van der Waals surface area contributed by atoms with Gasteiger partial charge in [-0.25, -0.2) is 0 Å². The van der Waals surface area contributed by atoms with E-state index in [1.54, 1.807) is 0 Å². The van der Waals surface area contributed by atoms with Crippen LogP contribution >= 0.6 is 0 Å². The standard InChI is InChI=1S/C11H24N2/c1-10(2)12-6-8-13(9-7-12)11(3,4)5/h10H,6-9H2,1-5H3/i6D,9D. The minimum atomic E-state index is -0.200. The molecule has 1 fully saturated rings. The number of piperazine rings is 1. The molecule has 0 aromatic heterocycles. The second-order valence-corrected chi connectivity index (χ2v) is 4.98. The van der Waals surface area contributed by atoms with Crippen molar-refractivity contribution < 1.29 is 2.74 Å². The van der Waals surface area contributed by atoms with E-state index in [2.05, 4.69) is 44.4 Å². The lowest BCUT2D eigenvalue weighted by Gasteiger charge is -2.43. The number of hydrogen-bond donors (Lipinski definition) is 0. The van der Waals surface area contributed by atoms with Crippen molar-refractivity contribution in [2.45, 2.75) is 46.2 Å². The Hall–Kier alpha value is -0.0800. The Labute approximate surface area is 85.7 Å². The first-order valence-electron chi connectivity index (χ1n) is 6.26. The van der Waals surface area contributed by atoms with Gasteiger partial charge in [0.05, 0.1) is 0 Å². The van der Waals surface area contributed by atoms with Crippen LogP contribution in [0.3, 0.4) is 0 Å². The van der Waals surface area contributed by atoms with E-state index in [4.69, 9.17) is 2.74 Å². The summed E-state index contributed by atoms with van der Waals surface area (Å²) >= 11 is 0. The van der Waals surface area contributed by atoms with E-state index in [-0.39, 0.29) is 18.6 Å². The molecule has 0 radical (unpaired) electrons. The average molecular weight is 186 g/mol. The van der Waals surface area contributed by atoms with Gasteiger partial charge in [0.2, 0.25) is 0 Å². The molecule has 78 valence electrons. The van der Waals surface area contributed by atoms with Crippen LogP contribution in [0.15, 0.2) is 0 Å². The second kappa shape index (κ2) is 3.97. The summed E-state index contributed by atoms with van der Waals surface area (Å²) < 4.78 is 16.2. The summed E-state index contributed by atoms with van der Waals surface area (Å²) in [6, 6.07) is 0.363. The number of hydrogen-bond acceptors (Lipinski definition) is 2. The topological polar surface area (TPSA) is 6.48 Å². The van der Waals surface area contributed by atoms with Crippen molar-refractivity contribution in [2.75, 3.05) is 26.1 Å². The zero-order valence-corrected chi connectivity index (χ0v) is 9.54. The van der Waals surface area contributed by atoms with Crippen molar-refractivity contribution in [2.24, 2.45) is 0 Å². The van der Waals surface area contributed by atoms with Gasteiger partial charge in [0.15, 0.2) is 0 Å². The molecule has 1 aliphatic rings. The molecule has 0 aromatic rings. The van der Waals surface area contributed by atoms with E-state index in [0.29, 0.717) is 19.1 Å². The van der Waals surface area contributed by atoms with Crippen molar-refractivity contribution in [1.82, 2.24) is 9.80 Å². The van der Waals surface area contributed by atoms with Gasteiger partial charge < -0.3 is 0 Å². The zero-order valence-electron chi connectivity index (χ0n) is 11.5. The fourth-order valence-electron chi connectivity index (χ4n) is 1.50. The summed E-state index contributed by atoms with van der Waals surface area (Å²) in [6.07, 6.45) is 0. The first kappa shape index (κ1) is 8.25. The van der Waals surface area contributed by atoms with E-state index in [1.807, 2.05) is 0 Å². The van der Waals surface area contributed by atoms with Gasteiger partial charge in [-0.2, -0.15) is 0 Å². The van der Waals surface area contributed by atoms with E-state index < -0.39 is 0 Å². The molecule has 0 aromatic carbocycles. The minimum Gasteiger partial charge on any atom is -0.298 e. The molecular formula is C11H24N2. The molecule has 0 aliphatic carbocycles. The predicted molar refractivity (Wildman–Crippen MR) is 58.0 cm³/mol. The molecule has 1 saturated heterocycles. The molecule has 0 bridgehead atoms. The highest BCUT2D eigenvalue weighted by molar-refractivity contribution is 4.82. The predicted octanol–water partition coefficient (Wildman–Crippen LogP) is 1.81. The Kier molecular flexibility index (Phi) is 2.52. The van der Waals surface area contributed by atoms with Crippen LogP contribution in [0.1, 0.15) is 37.4 Å². The zero-order chi connectivity index (χ0) is 11.8. The Morgan fingerprint density at radius 1 is 1.15 bits per heavy atom. The van der Waals surface area contributed by atoms with Gasteiger partial charge in [-0.1, -0.05) is 0 Å². The summed E-state index contributed by atoms with van der Waals surface area (Å²) in [5, 5.41) is 0. The Morgan fingerprint density at radius 3 is 2.23 bits per heavy atom. The molecule has 0 saturated carbocycles. The Bertz CT molecular complexity index is 213. The molecule has 0 spiro atoms. The molecule has 1 heterocycles. The third kappa shape index (κ3) is 2.96. The number of nitrogens with zero attached hydrogens (tertiary/aromatic N) is 2. The molecule has 1 aliphatic heterocycles. The maximum absolute atomic E-state index is 8.10. The van der Waals surface area contributed by atoms with Crippen molar-refractivity contribution in [3.63, 3.8) is 0 Å². The van der Waals surface area contributed by atoms with Crippen molar-refractivity contribution >= 4 is 0 Å². The van der Waals surface area contributed by atoms with Crippen LogP contribution in [0.5, 0.6) is 0 Å². The Balaban J connectivity index is 2.71. The molecule has 1 rings (SSSR count). The van der Waals surface area contributed by atoms with Crippen LogP contribution in [-0.2, 0) is 0 Å². The maximum atomic E-state index is 8.10. The third-order valence-electron chi connectivity index (χ3n) is 2.55. The normalized spacial score (nSPS) is 36.2. The van der Waals surface area contributed by atoms with Crippen molar-refractivity contribution in [3.8, 4) is 0 Å². The van der Waals surface area contributed by atoms with Gasteiger partial charge in [0.1, 0.15) is 0 Å². The van der Waals surface area contributed by atoms with Crippen LogP contribution in [0, 0.1) is 0 Å². The average Bonchev–Trinajstić information content (AvgIpc) is 2.06. The summed E-state index contributed by atoms with van der Waals surface area (Å²) in [5.74, 6) is 0. The first-order chi connectivity index (χ1) is 6.73. The van der Waals surface area contributed by atoms with E-state index in [0.717, 1.165) is 0 Å². The highest BCUT2D eigenvalue weighted by Crippen LogP contribution is 2.16. The monoisotopic (exact) mass is 186 g/mol. The largest absolute Gasteiger partial charge is 0.298 e. The van der Waals surface area contributed by atoms with Gasteiger partial charge in [-0.15, -0.1) is 0 Å². The van der Waals surface area contributed by atoms with Gasteiger partial charge in [-0.3, -0.25) is 9.80 Å². The molecule has 0 amide bonds. The Morgan fingerprint density at radius 2 is 1.77 bits per heavy atom. The van der Waals surface area contributed by atoms with Crippen LogP contribution < -0.4 is 0 Å². The second-order valence-electron chi connectivity index (χ2n) is 4.98. The highest BCUT2D eigenvalue weighted by atomic mass is 15.3. The lowest BCUT2D eigenvalue weighted by Crippen LogP contribution is -2.54. The van der Waals surface area contributed by atoms with E-state index >= 15 is 0 Å². The van der Waals surface area contributed by atoms with Gasteiger partial charge >= 0.3 is 0 Å². The lowest BCUT2D eigenvalue weighted by molar-refractivity contribution is 0.0491. The molecular weight excluding hydrogens is 160 g/mol. The molecule has 2 unspecified atom stereocenters. The molecule has 2 heteroatoms. The van der Waals surface area contributed by atoms with Gasteiger partial charge in [-0.05, 0) is 34.6 Å².